The Morgan fingerprint density at radius 3 is 2.45 bits per heavy atom. The SMILES string of the molecule is Cc1cccc(N2CCN(C(=O)C(Cc3ccccc3)n3cnnn3)CC2)c1C. The topological polar surface area (TPSA) is 67.2 Å². The Labute approximate surface area is 170 Å². The molecule has 7 nitrogen and oxygen atoms in total. The third kappa shape index (κ3) is 4.13. The summed E-state index contributed by atoms with van der Waals surface area (Å²) in [5, 5.41) is 11.5. The number of anilines is 1. The molecular weight excluding hydrogens is 364 g/mol. The number of aromatic nitrogens is 4. The van der Waals surface area contributed by atoms with E-state index in [-0.39, 0.29) is 5.91 Å². The largest absolute Gasteiger partial charge is 0.368 e. The lowest BCUT2D eigenvalue weighted by atomic mass is 10.0. The van der Waals surface area contributed by atoms with Crippen molar-refractivity contribution in [1.29, 1.82) is 0 Å². The Bertz CT molecular complexity index is 949. The van der Waals surface area contributed by atoms with Gasteiger partial charge >= 0.3 is 0 Å². The van der Waals surface area contributed by atoms with Crippen LogP contribution in [0.2, 0.25) is 0 Å². The first-order chi connectivity index (χ1) is 14.1. The zero-order valence-corrected chi connectivity index (χ0v) is 16.9. The smallest absolute Gasteiger partial charge is 0.248 e. The third-order valence-corrected chi connectivity index (χ3v) is 5.75. The minimum Gasteiger partial charge on any atom is -0.368 e. The van der Waals surface area contributed by atoms with Gasteiger partial charge in [0.25, 0.3) is 0 Å². The summed E-state index contributed by atoms with van der Waals surface area (Å²) in [7, 11) is 0. The summed E-state index contributed by atoms with van der Waals surface area (Å²) in [6, 6.07) is 16.0. The maximum Gasteiger partial charge on any atom is 0.248 e. The van der Waals surface area contributed by atoms with Crippen LogP contribution in [0.4, 0.5) is 5.69 Å². The number of hydrogen-bond acceptors (Lipinski definition) is 5. The summed E-state index contributed by atoms with van der Waals surface area (Å²) in [4.78, 5) is 17.7. The minimum absolute atomic E-state index is 0.0711. The number of rotatable bonds is 5. The van der Waals surface area contributed by atoms with Crippen LogP contribution in [0, 0.1) is 13.8 Å². The van der Waals surface area contributed by atoms with Crippen molar-refractivity contribution in [2.24, 2.45) is 0 Å². The molecule has 7 heteroatoms. The molecule has 3 aromatic rings. The van der Waals surface area contributed by atoms with Crippen molar-refractivity contribution in [2.75, 3.05) is 31.1 Å². The minimum atomic E-state index is -0.431. The highest BCUT2D eigenvalue weighted by Crippen LogP contribution is 2.25. The fraction of sp³-hybridized carbons (Fsp3) is 0.364. The summed E-state index contributed by atoms with van der Waals surface area (Å²) in [6.07, 6.45) is 2.10. The molecule has 0 saturated carbocycles. The predicted octanol–water partition coefficient (Wildman–Crippen LogP) is 2.42. The van der Waals surface area contributed by atoms with Crippen LogP contribution in [0.3, 0.4) is 0 Å². The van der Waals surface area contributed by atoms with Gasteiger partial charge in [0.2, 0.25) is 5.91 Å². The van der Waals surface area contributed by atoms with Crippen LogP contribution in [0.5, 0.6) is 0 Å². The second kappa shape index (κ2) is 8.43. The van der Waals surface area contributed by atoms with Crippen molar-refractivity contribution in [3.63, 3.8) is 0 Å². The van der Waals surface area contributed by atoms with Crippen molar-refractivity contribution in [3.05, 3.63) is 71.5 Å². The maximum atomic E-state index is 13.4. The number of amides is 1. The Balaban J connectivity index is 1.47. The first kappa shape index (κ1) is 19.1. The van der Waals surface area contributed by atoms with E-state index < -0.39 is 6.04 Å². The van der Waals surface area contributed by atoms with Crippen molar-refractivity contribution in [2.45, 2.75) is 26.3 Å². The van der Waals surface area contributed by atoms with Crippen LogP contribution in [-0.2, 0) is 11.2 Å². The van der Waals surface area contributed by atoms with E-state index in [2.05, 4.69) is 52.5 Å². The molecule has 4 rings (SSSR count). The van der Waals surface area contributed by atoms with Crippen molar-refractivity contribution >= 4 is 11.6 Å². The molecule has 1 aliphatic heterocycles. The first-order valence-electron chi connectivity index (χ1n) is 10.00. The van der Waals surface area contributed by atoms with E-state index >= 15 is 0 Å². The van der Waals surface area contributed by atoms with E-state index in [4.69, 9.17) is 0 Å². The average molecular weight is 390 g/mol. The number of nitrogens with zero attached hydrogens (tertiary/aromatic N) is 6. The van der Waals surface area contributed by atoms with Crippen LogP contribution < -0.4 is 4.90 Å². The molecular formula is C22H26N6O. The van der Waals surface area contributed by atoms with E-state index in [0.29, 0.717) is 19.5 Å². The van der Waals surface area contributed by atoms with Crippen LogP contribution in [0.1, 0.15) is 22.7 Å². The van der Waals surface area contributed by atoms with Gasteiger partial charge in [0.1, 0.15) is 12.4 Å². The monoisotopic (exact) mass is 390 g/mol. The van der Waals surface area contributed by atoms with Gasteiger partial charge in [-0.1, -0.05) is 42.5 Å². The van der Waals surface area contributed by atoms with Gasteiger partial charge in [-0.05, 0) is 47.0 Å². The molecule has 1 fully saturated rings. The van der Waals surface area contributed by atoms with Crippen molar-refractivity contribution in [1.82, 2.24) is 25.1 Å². The van der Waals surface area contributed by atoms with Gasteiger partial charge in [-0.2, -0.15) is 0 Å². The number of piperazine rings is 1. The van der Waals surface area contributed by atoms with Gasteiger partial charge in [-0.3, -0.25) is 4.79 Å². The molecule has 2 heterocycles. The van der Waals surface area contributed by atoms with Crippen LogP contribution in [0.15, 0.2) is 54.9 Å². The molecule has 150 valence electrons. The zero-order chi connectivity index (χ0) is 20.2. The van der Waals surface area contributed by atoms with E-state index in [1.165, 1.54) is 23.1 Å². The maximum absolute atomic E-state index is 13.4. The fourth-order valence-corrected chi connectivity index (χ4v) is 3.90. The van der Waals surface area contributed by atoms with Gasteiger partial charge < -0.3 is 9.80 Å². The Morgan fingerprint density at radius 1 is 1.00 bits per heavy atom. The molecule has 0 spiro atoms. The number of carbonyl (C=O) groups excluding carboxylic acids is 1. The molecule has 1 aliphatic rings. The Morgan fingerprint density at radius 2 is 1.76 bits per heavy atom. The van der Waals surface area contributed by atoms with E-state index in [1.807, 2.05) is 35.2 Å². The Hall–Kier alpha value is -3.22. The number of carbonyl (C=O) groups is 1. The molecule has 29 heavy (non-hydrogen) atoms. The second-order valence-corrected chi connectivity index (χ2v) is 7.53. The molecule has 1 unspecified atom stereocenters. The van der Waals surface area contributed by atoms with E-state index in [1.54, 1.807) is 4.68 Å². The normalized spacial score (nSPS) is 15.4. The van der Waals surface area contributed by atoms with Gasteiger partial charge in [0, 0.05) is 38.3 Å². The van der Waals surface area contributed by atoms with Gasteiger partial charge in [0.15, 0.2) is 0 Å². The highest BCUT2D eigenvalue weighted by atomic mass is 16.2. The van der Waals surface area contributed by atoms with Gasteiger partial charge in [-0.25, -0.2) is 4.68 Å². The van der Waals surface area contributed by atoms with E-state index in [0.717, 1.165) is 18.7 Å². The van der Waals surface area contributed by atoms with Crippen molar-refractivity contribution in [3.8, 4) is 0 Å². The lowest BCUT2D eigenvalue weighted by Gasteiger charge is -2.38. The number of tetrazole rings is 1. The predicted molar refractivity (Wildman–Crippen MR) is 112 cm³/mol. The van der Waals surface area contributed by atoms with Gasteiger partial charge in [-0.15, -0.1) is 5.10 Å². The summed E-state index contributed by atoms with van der Waals surface area (Å²) < 4.78 is 1.58. The highest BCUT2D eigenvalue weighted by molar-refractivity contribution is 5.81. The standard InChI is InChI=1S/C22H26N6O/c1-17-7-6-10-20(18(17)2)26-11-13-27(14-12-26)22(29)21(28-16-23-24-25-28)15-19-8-4-3-5-9-19/h3-10,16,21H,11-15H2,1-2H3. The average Bonchev–Trinajstić information content (AvgIpc) is 3.29. The molecule has 0 radical (unpaired) electrons. The molecule has 1 aromatic heterocycles. The highest BCUT2D eigenvalue weighted by Gasteiger charge is 2.30. The molecule has 0 aliphatic carbocycles. The third-order valence-electron chi connectivity index (χ3n) is 5.75. The summed E-state index contributed by atoms with van der Waals surface area (Å²) >= 11 is 0. The zero-order valence-electron chi connectivity index (χ0n) is 16.9. The molecule has 2 aromatic carbocycles. The molecule has 1 saturated heterocycles. The lowest BCUT2D eigenvalue weighted by molar-refractivity contribution is -0.135. The van der Waals surface area contributed by atoms with Crippen molar-refractivity contribution < 1.29 is 4.79 Å². The number of hydrogen-bond donors (Lipinski definition) is 0. The second-order valence-electron chi connectivity index (χ2n) is 7.53. The summed E-state index contributed by atoms with van der Waals surface area (Å²) in [5.41, 5.74) is 4.96. The quantitative estimate of drug-likeness (QED) is 0.669. The molecule has 0 bridgehead atoms. The number of benzene rings is 2. The lowest BCUT2D eigenvalue weighted by Crippen LogP contribution is -2.51. The first-order valence-corrected chi connectivity index (χ1v) is 10.00. The molecule has 0 N–H and O–H groups in total. The summed E-state index contributed by atoms with van der Waals surface area (Å²) in [5.74, 6) is 0.0711. The summed E-state index contributed by atoms with van der Waals surface area (Å²) in [6.45, 7) is 7.33. The van der Waals surface area contributed by atoms with E-state index in [9.17, 15) is 4.79 Å². The fourth-order valence-electron chi connectivity index (χ4n) is 3.90. The molecule has 1 amide bonds. The Kier molecular flexibility index (Phi) is 5.55. The molecule has 1 atom stereocenters. The van der Waals surface area contributed by atoms with Crippen LogP contribution in [0.25, 0.3) is 0 Å². The van der Waals surface area contributed by atoms with Gasteiger partial charge in [0.05, 0.1) is 0 Å². The number of aryl methyl sites for hydroxylation is 1. The van der Waals surface area contributed by atoms with Crippen LogP contribution >= 0.6 is 0 Å². The van der Waals surface area contributed by atoms with Crippen LogP contribution in [-0.4, -0.2) is 57.2 Å².